The molecule has 0 spiro atoms. The number of likely N-dealkylation sites (tertiary alicyclic amines) is 1. The van der Waals surface area contributed by atoms with Gasteiger partial charge in [0.1, 0.15) is 11.6 Å². The fourth-order valence-corrected chi connectivity index (χ4v) is 3.44. The molecule has 4 nitrogen and oxygen atoms in total. The lowest BCUT2D eigenvalue weighted by molar-refractivity contribution is -0.116. The Morgan fingerprint density at radius 2 is 1.68 bits per heavy atom. The SMILES string of the molecule is C=CC(=O)NCc1ccc(C(=O)N2CCC(c3cc(F)cc(F)c3)CC2)cc1. The Balaban J connectivity index is 1.57. The predicted molar refractivity (Wildman–Crippen MR) is 103 cm³/mol. The number of rotatable bonds is 5. The number of amides is 2. The van der Waals surface area contributed by atoms with Gasteiger partial charge in [0, 0.05) is 31.3 Å². The van der Waals surface area contributed by atoms with E-state index in [0.29, 0.717) is 43.6 Å². The summed E-state index contributed by atoms with van der Waals surface area (Å²) in [4.78, 5) is 25.7. The zero-order valence-electron chi connectivity index (χ0n) is 15.5. The molecule has 1 aliphatic rings. The number of benzene rings is 2. The van der Waals surface area contributed by atoms with Crippen LogP contribution in [0.3, 0.4) is 0 Å². The van der Waals surface area contributed by atoms with Gasteiger partial charge in [0.25, 0.3) is 5.91 Å². The van der Waals surface area contributed by atoms with Gasteiger partial charge in [-0.1, -0.05) is 18.7 Å². The number of nitrogens with zero attached hydrogens (tertiary/aromatic N) is 1. The normalized spacial score (nSPS) is 14.6. The summed E-state index contributed by atoms with van der Waals surface area (Å²) in [5, 5.41) is 2.68. The summed E-state index contributed by atoms with van der Waals surface area (Å²) in [6.07, 6.45) is 2.54. The third kappa shape index (κ3) is 4.82. The maximum absolute atomic E-state index is 13.4. The van der Waals surface area contributed by atoms with Crippen molar-refractivity contribution in [3.63, 3.8) is 0 Å². The molecule has 3 rings (SSSR count). The second kappa shape index (κ2) is 8.78. The van der Waals surface area contributed by atoms with E-state index >= 15 is 0 Å². The van der Waals surface area contributed by atoms with Gasteiger partial charge >= 0.3 is 0 Å². The van der Waals surface area contributed by atoms with Gasteiger partial charge in [-0.25, -0.2) is 8.78 Å². The molecule has 0 aliphatic carbocycles. The predicted octanol–water partition coefficient (Wildman–Crippen LogP) is 3.79. The minimum Gasteiger partial charge on any atom is -0.348 e. The number of nitrogens with one attached hydrogen (secondary N) is 1. The molecule has 1 fully saturated rings. The Bertz CT molecular complexity index is 852. The Hall–Kier alpha value is -3.02. The zero-order chi connectivity index (χ0) is 20.1. The minimum absolute atomic E-state index is 0.0464. The van der Waals surface area contributed by atoms with Crippen molar-refractivity contribution in [1.29, 1.82) is 0 Å². The molecule has 2 aromatic rings. The summed E-state index contributed by atoms with van der Waals surface area (Å²) < 4.78 is 26.9. The van der Waals surface area contributed by atoms with Gasteiger partial charge in [-0.15, -0.1) is 0 Å². The van der Waals surface area contributed by atoms with Crippen molar-refractivity contribution < 1.29 is 18.4 Å². The summed E-state index contributed by atoms with van der Waals surface area (Å²) >= 11 is 0. The molecule has 1 saturated heterocycles. The highest BCUT2D eigenvalue weighted by Crippen LogP contribution is 2.29. The molecule has 1 heterocycles. The monoisotopic (exact) mass is 384 g/mol. The van der Waals surface area contributed by atoms with Gasteiger partial charge < -0.3 is 10.2 Å². The number of carbonyl (C=O) groups is 2. The van der Waals surface area contributed by atoms with Gasteiger partial charge in [-0.2, -0.15) is 0 Å². The van der Waals surface area contributed by atoms with Gasteiger partial charge in [0.05, 0.1) is 0 Å². The van der Waals surface area contributed by atoms with Crippen LogP contribution in [0.5, 0.6) is 0 Å². The summed E-state index contributed by atoms with van der Waals surface area (Å²) in [6, 6.07) is 10.7. The molecule has 1 aliphatic heterocycles. The third-order valence-corrected chi connectivity index (χ3v) is 4.99. The lowest BCUT2D eigenvalue weighted by Gasteiger charge is -2.32. The Morgan fingerprint density at radius 3 is 2.25 bits per heavy atom. The van der Waals surface area contributed by atoms with Crippen LogP contribution < -0.4 is 5.32 Å². The van der Waals surface area contributed by atoms with E-state index in [1.807, 2.05) is 0 Å². The highest BCUT2D eigenvalue weighted by atomic mass is 19.1. The minimum atomic E-state index is -0.571. The average Bonchev–Trinajstić information content (AvgIpc) is 2.71. The molecule has 0 aromatic heterocycles. The number of hydrogen-bond acceptors (Lipinski definition) is 2. The summed E-state index contributed by atoms with van der Waals surface area (Å²) in [6.45, 7) is 4.85. The molecular formula is C22H22F2N2O2. The lowest BCUT2D eigenvalue weighted by Crippen LogP contribution is -2.38. The maximum Gasteiger partial charge on any atom is 0.253 e. The number of halogens is 2. The Kier molecular flexibility index (Phi) is 6.19. The van der Waals surface area contributed by atoms with E-state index in [4.69, 9.17) is 0 Å². The zero-order valence-corrected chi connectivity index (χ0v) is 15.5. The molecule has 0 saturated carbocycles. The van der Waals surface area contributed by atoms with Crippen LogP contribution in [0.1, 0.15) is 40.2 Å². The van der Waals surface area contributed by atoms with E-state index in [9.17, 15) is 18.4 Å². The largest absolute Gasteiger partial charge is 0.348 e. The van der Waals surface area contributed by atoms with Crippen molar-refractivity contribution in [2.75, 3.05) is 13.1 Å². The first kappa shape index (κ1) is 19.7. The highest BCUT2D eigenvalue weighted by molar-refractivity contribution is 5.94. The summed E-state index contributed by atoms with van der Waals surface area (Å²) in [5.41, 5.74) is 2.11. The highest BCUT2D eigenvalue weighted by Gasteiger charge is 2.25. The molecule has 2 amide bonds. The standard InChI is InChI=1S/C22H22F2N2O2/c1-2-21(27)25-14-15-3-5-17(6-4-15)22(28)26-9-7-16(8-10-26)18-11-19(23)13-20(24)12-18/h2-6,11-13,16H,1,7-10,14H2,(H,25,27). The average molecular weight is 384 g/mol. The topological polar surface area (TPSA) is 49.4 Å². The molecular weight excluding hydrogens is 362 g/mol. The van der Waals surface area contributed by atoms with E-state index in [0.717, 1.165) is 11.6 Å². The van der Waals surface area contributed by atoms with Crippen LogP contribution in [0.2, 0.25) is 0 Å². The van der Waals surface area contributed by atoms with Gasteiger partial charge in [0.15, 0.2) is 0 Å². The first-order valence-electron chi connectivity index (χ1n) is 9.20. The molecule has 2 aromatic carbocycles. The van der Waals surface area contributed by atoms with Crippen LogP contribution in [-0.2, 0) is 11.3 Å². The molecule has 28 heavy (non-hydrogen) atoms. The summed E-state index contributed by atoms with van der Waals surface area (Å²) in [5.74, 6) is -1.41. The summed E-state index contributed by atoms with van der Waals surface area (Å²) in [7, 11) is 0. The van der Waals surface area contributed by atoms with Crippen molar-refractivity contribution in [2.45, 2.75) is 25.3 Å². The van der Waals surface area contributed by atoms with Gasteiger partial charge in [0.2, 0.25) is 5.91 Å². The van der Waals surface area contributed by atoms with Crippen molar-refractivity contribution in [2.24, 2.45) is 0 Å². The van der Waals surface area contributed by atoms with Crippen molar-refractivity contribution in [3.8, 4) is 0 Å². The number of hydrogen-bond donors (Lipinski definition) is 1. The molecule has 0 bridgehead atoms. The maximum atomic E-state index is 13.4. The van der Waals surface area contributed by atoms with Gasteiger partial charge in [-0.05, 0) is 60.2 Å². The smallest absolute Gasteiger partial charge is 0.253 e. The van der Waals surface area contributed by atoms with Crippen LogP contribution in [-0.4, -0.2) is 29.8 Å². The van der Waals surface area contributed by atoms with Crippen molar-refractivity contribution in [1.82, 2.24) is 10.2 Å². The second-order valence-corrected chi connectivity index (χ2v) is 6.89. The molecule has 0 atom stereocenters. The van der Waals surface area contributed by atoms with Crippen LogP contribution >= 0.6 is 0 Å². The van der Waals surface area contributed by atoms with Crippen LogP contribution in [0.4, 0.5) is 8.78 Å². The molecule has 1 N–H and O–H groups in total. The van der Waals surface area contributed by atoms with Crippen LogP contribution in [0.25, 0.3) is 0 Å². The molecule has 6 heteroatoms. The van der Waals surface area contributed by atoms with Crippen molar-refractivity contribution >= 4 is 11.8 Å². The van der Waals surface area contributed by atoms with Crippen LogP contribution in [0, 0.1) is 11.6 Å². The molecule has 0 unspecified atom stereocenters. The quantitative estimate of drug-likeness (QED) is 0.798. The van der Waals surface area contributed by atoms with E-state index in [-0.39, 0.29) is 17.7 Å². The Morgan fingerprint density at radius 1 is 1.07 bits per heavy atom. The fraction of sp³-hybridized carbons (Fsp3) is 0.273. The first-order valence-corrected chi connectivity index (χ1v) is 9.20. The van der Waals surface area contributed by atoms with Crippen molar-refractivity contribution in [3.05, 3.63) is 83.4 Å². The fourth-order valence-electron chi connectivity index (χ4n) is 3.44. The number of piperidine rings is 1. The molecule has 0 radical (unpaired) electrons. The van der Waals surface area contributed by atoms with E-state index < -0.39 is 11.6 Å². The first-order chi connectivity index (χ1) is 13.5. The van der Waals surface area contributed by atoms with Gasteiger partial charge in [-0.3, -0.25) is 9.59 Å². The second-order valence-electron chi connectivity index (χ2n) is 6.89. The lowest BCUT2D eigenvalue weighted by atomic mass is 9.89. The van der Waals surface area contributed by atoms with E-state index in [1.165, 1.54) is 18.2 Å². The Labute approximate surface area is 162 Å². The third-order valence-electron chi connectivity index (χ3n) is 4.99. The molecule has 146 valence electrons. The van der Waals surface area contributed by atoms with Crippen LogP contribution in [0.15, 0.2) is 55.1 Å². The van der Waals surface area contributed by atoms with E-state index in [2.05, 4.69) is 11.9 Å². The van der Waals surface area contributed by atoms with E-state index in [1.54, 1.807) is 29.2 Å². The number of carbonyl (C=O) groups excluding carboxylic acids is 2.